The van der Waals surface area contributed by atoms with Gasteiger partial charge in [-0.15, -0.1) is 0 Å². The smallest absolute Gasteiger partial charge is 0.152 e. The van der Waals surface area contributed by atoms with Gasteiger partial charge in [-0.25, -0.2) is 9.97 Å². The van der Waals surface area contributed by atoms with Crippen molar-refractivity contribution in [1.29, 1.82) is 0 Å². The fourth-order valence-electron chi connectivity index (χ4n) is 2.64. The summed E-state index contributed by atoms with van der Waals surface area (Å²) in [5.74, 6) is 1.84. The first-order chi connectivity index (χ1) is 10.6. The van der Waals surface area contributed by atoms with E-state index in [2.05, 4.69) is 19.9 Å². The molecule has 0 bridgehead atoms. The molecule has 0 aliphatic carbocycles. The third-order valence-electron chi connectivity index (χ3n) is 3.70. The minimum Gasteiger partial charge on any atom is -0.368 e. The predicted molar refractivity (Wildman–Crippen MR) is 86.2 cm³/mol. The minimum absolute atomic E-state index is 0.0952. The van der Waals surface area contributed by atoms with Gasteiger partial charge in [0.2, 0.25) is 0 Å². The maximum absolute atomic E-state index is 5.94. The summed E-state index contributed by atoms with van der Waals surface area (Å²) >= 11 is 0. The molecule has 0 amide bonds. The number of ether oxygens (including phenoxy) is 1. The summed E-state index contributed by atoms with van der Waals surface area (Å²) in [6.07, 6.45) is 3.33. The standard InChI is InChI=1S/C16H21N5O/c1-12-5-4-6-14(19-12)21-9-10-22-13(11-21)15-16(20(2)3)18-8-7-17-15/h4-8,13H,9-11H2,1-3H3/t13-/m1/s1. The predicted octanol–water partition coefficient (Wildman–Crippen LogP) is 1.82. The number of pyridine rings is 1. The molecule has 0 unspecified atom stereocenters. The monoisotopic (exact) mass is 299 g/mol. The van der Waals surface area contributed by atoms with Gasteiger partial charge in [0.15, 0.2) is 5.82 Å². The zero-order chi connectivity index (χ0) is 15.5. The van der Waals surface area contributed by atoms with Crippen LogP contribution >= 0.6 is 0 Å². The average Bonchev–Trinajstić information content (AvgIpc) is 2.55. The first-order valence-electron chi connectivity index (χ1n) is 7.43. The van der Waals surface area contributed by atoms with Crippen molar-refractivity contribution in [3.05, 3.63) is 42.0 Å². The van der Waals surface area contributed by atoms with Gasteiger partial charge in [-0.1, -0.05) is 6.07 Å². The fourth-order valence-corrected chi connectivity index (χ4v) is 2.64. The van der Waals surface area contributed by atoms with Crippen LogP contribution in [0.3, 0.4) is 0 Å². The number of nitrogens with zero attached hydrogens (tertiary/aromatic N) is 5. The highest BCUT2D eigenvalue weighted by atomic mass is 16.5. The molecular weight excluding hydrogens is 278 g/mol. The molecule has 22 heavy (non-hydrogen) atoms. The molecule has 0 saturated carbocycles. The Morgan fingerprint density at radius 2 is 2.05 bits per heavy atom. The SMILES string of the molecule is Cc1cccc(N2CCO[C@@H](c3nccnc3N(C)C)C2)n1. The van der Waals surface area contributed by atoms with E-state index in [4.69, 9.17) is 4.74 Å². The van der Waals surface area contributed by atoms with Gasteiger partial charge in [0.1, 0.15) is 17.6 Å². The van der Waals surface area contributed by atoms with E-state index in [0.717, 1.165) is 36.1 Å². The van der Waals surface area contributed by atoms with Crippen molar-refractivity contribution < 1.29 is 4.74 Å². The third-order valence-corrected chi connectivity index (χ3v) is 3.70. The Bertz CT molecular complexity index is 646. The van der Waals surface area contributed by atoms with E-state index in [1.54, 1.807) is 12.4 Å². The van der Waals surface area contributed by atoms with Crippen LogP contribution in [-0.2, 0) is 4.74 Å². The Morgan fingerprint density at radius 1 is 1.23 bits per heavy atom. The van der Waals surface area contributed by atoms with Gasteiger partial charge < -0.3 is 14.5 Å². The molecule has 3 rings (SSSR count). The molecule has 1 atom stereocenters. The second-order valence-electron chi connectivity index (χ2n) is 5.60. The average molecular weight is 299 g/mol. The zero-order valence-electron chi connectivity index (χ0n) is 13.2. The summed E-state index contributed by atoms with van der Waals surface area (Å²) in [6.45, 7) is 4.23. The normalized spacial score (nSPS) is 18.3. The lowest BCUT2D eigenvalue weighted by Gasteiger charge is -2.34. The number of rotatable bonds is 3. The van der Waals surface area contributed by atoms with Crippen molar-refractivity contribution in [2.75, 3.05) is 43.6 Å². The molecule has 2 aromatic rings. The Hall–Kier alpha value is -2.21. The Morgan fingerprint density at radius 3 is 2.82 bits per heavy atom. The molecule has 2 aromatic heterocycles. The summed E-state index contributed by atoms with van der Waals surface area (Å²) in [7, 11) is 3.94. The maximum atomic E-state index is 5.94. The van der Waals surface area contributed by atoms with E-state index in [-0.39, 0.29) is 6.10 Å². The highest BCUT2D eigenvalue weighted by Gasteiger charge is 2.27. The largest absolute Gasteiger partial charge is 0.368 e. The van der Waals surface area contributed by atoms with E-state index < -0.39 is 0 Å². The molecule has 1 saturated heterocycles. The molecular formula is C16H21N5O. The molecule has 0 aromatic carbocycles. The van der Waals surface area contributed by atoms with Gasteiger partial charge in [-0.3, -0.25) is 4.98 Å². The van der Waals surface area contributed by atoms with Crippen molar-refractivity contribution >= 4 is 11.6 Å². The number of anilines is 2. The molecule has 0 spiro atoms. The van der Waals surface area contributed by atoms with Gasteiger partial charge in [-0.05, 0) is 19.1 Å². The van der Waals surface area contributed by atoms with Crippen LogP contribution in [0, 0.1) is 6.92 Å². The van der Waals surface area contributed by atoms with Crippen molar-refractivity contribution in [2.24, 2.45) is 0 Å². The Balaban J connectivity index is 1.85. The van der Waals surface area contributed by atoms with Crippen LogP contribution in [0.1, 0.15) is 17.5 Å². The minimum atomic E-state index is -0.0952. The van der Waals surface area contributed by atoms with E-state index in [1.165, 1.54) is 0 Å². The van der Waals surface area contributed by atoms with Crippen molar-refractivity contribution in [2.45, 2.75) is 13.0 Å². The molecule has 1 aliphatic rings. The van der Waals surface area contributed by atoms with E-state index in [1.807, 2.05) is 44.1 Å². The highest BCUT2D eigenvalue weighted by Crippen LogP contribution is 2.28. The Labute approximate surface area is 130 Å². The number of aryl methyl sites for hydroxylation is 1. The van der Waals surface area contributed by atoms with E-state index in [0.29, 0.717) is 6.61 Å². The molecule has 1 aliphatic heterocycles. The first-order valence-corrected chi connectivity index (χ1v) is 7.43. The first kappa shape index (κ1) is 14.7. The van der Waals surface area contributed by atoms with Gasteiger partial charge in [0, 0.05) is 38.7 Å². The van der Waals surface area contributed by atoms with Crippen LogP contribution in [0.4, 0.5) is 11.6 Å². The molecule has 3 heterocycles. The summed E-state index contributed by atoms with van der Waals surface area (Å²) in [4.78, 5) is 17.7. The van der Waals surface area contributed by atoms with Gasteiger partial charge >= 0.3 is 0 Å². The summed E-state index contributed by atoms with van der Waals surface area (Å²) in [5, 5.41) is 0. The third kappa shape index (κ3) is 3.01. The van der Waals surface area contributed by atoms with Crippen LogP contribution in [0.25, 0.3) is 0 Å². The van der Waals surface area contributed by atoms with Gasteiger partial charge in [-0.2, -0.15) is 0 Å². The van der Waals surface area contributed by atoms with Crippen molar-refractivity contribution in [3.8, 4) is 0 Å². The summed E-state index contributed by atoms with van der Waals surface area (Å²) in [6, 6.07) is 6.09. The lowest BCUT2D eigenvalue weighted by molar-refractivity contribution is 0.0369. The Kier molecular flexibility index (Phi) is 4.20. The van der Waals surface area contributed by atoms with Crippen LogP contribution in [0.15, 0.2) is 30.6 Å². The topological polar surface area (TPSA) is 54.4 Å². The number of morpholine rings is 1. The van der Waals surface area contributed by atoms with Crippen LogP contribution in [0.2, 0.25) is 0 Å². The van der Waals surface area contributed by atoms with Gasteiger partial charge in [0.25, 0.3) is 0 Å². The quantitative estimate of drug-likeness (QED) is 0.862. The van der Waals surface area contributed by atoms with E-state index >= 15 is 0 Å². The van der Waals surface area contributed by atoms with Crippen molar-refractivity contribution in [3.63, 3.8) is 0 Å². The summed E-state index contributed by atoms with van der Waals surface area (Å²) in [5.41, 5.74) is 1.90. The number of hydrogen-bond acceptors (Lipinski definition) is 6. The lowest BCUT2D eigenvalue weighted by atomic mass is 10.2. The fraction of sp³-hybridized carbons (Fsp3) is 0.438. The molecule has 0 radical (unpaired) electrons. The second-order valence-corrected chi connectivity index (χ2v) is 5.60. The highest BCUT2D eigenvalue weighted by molar-refractivity contribution is 5.45. The molecule has 116 valence electrons. The molecule has 6 nitrogen and oxygen atoms in total. The van der Waals surface area contributed by atoms with Gasteiger partial charge in [0.05, 0.1) is 13.2 Å². The maximum Gasteiger partial charge on any atom is 0.152 e. The van der Waals surface area contributed by atoms with Crippen LogP contribution < -0.4 is 9.80 Å². The number of aromatic nitrogens is 3. The van der Waals surface area contributed by atoms with Crippen LogP contribution in [0.5, 0.6) is 0 Å². The number of hydrogen-bond donors (Lipinski definition) is 0. The summed E-state index contributed by atoms with van der Waals surface area (Å²) < 4.78 is 5.94. The van der Waals surface area contributed by atoms with Crippen LogP contribution in [-0.4, -0.2) is 48.7 Å². The van der Waals surface area contributed by atoms with E-state index in [9.17, 15) is 0 Å². The zero-order valence-corrected chi connectivity index (χ0v) is 13.2. The molecule has 6 heteroatoms. The molecule has 1 fully saturated rings. The molecule has 0 N–H and O–H groups in total. The second kappa shape index (κ2) is 6.27. The van der Waals surface area contributed by atoms with Crippen molar-refractivity contribution in [1.82, 2.24) is 15.0 Å². The lowest BCUT2D eigenvalue weighted by Crippen LogP contribution is -2.39.